The van der Waals surface area contributed by atoms with Gasteiger partial charge in [-0.2, -0.15) is 5.26 Å². The summed E-state index contributed by atoms with van der Waals surface area (Å²) in [6.07, 6.45) is 3.71. The van der Waals surface area contributed by atoms with Crippen LogP contribution in [0.4, 0.5) is 0 Å². The van der Waals surface area contributed by atoms with Gasteiger partial charge in [0.1, 0.15) is 0 Å². The molecule has 26 heavy (non-hydrogen) atoms. The molecule has 5 aliphatic rings. The van der Waals surface area contributed by atoms with Gasteiger partial charge in [-0.05, 0) is 42.9 Å². The Morgan fingerprint density at radius 1 is 1.19 bits per heavy atom. The minimum absolute atomic E-state index is 0.0488. The Hall–Kier alpha value is -1.65. The topological polar surface area (TPSA) is 64.4 Å². The second kappa shape index (κ2) is 5.20. The molecule has 0 saturated carbocycles. The number of rotatable bonds is 1. The molecule has 4 heterocycles. The van der Waals surface area contributed by atoms with Gasteiger partial charge in [-0.25, -0.2) is 0 Å². The predicted octanol–water partition coefficient (Wildman–Crippen LogP) is 2.87. The van der Waals surface area contributed by atoms with Gasteiger partial charge in [0.25, 0.3) is 11.8 Å². The van der Waals surface area contributed by atoms with E-state index < -0.39 is 9.74 Å². The lowest BCUT2D eigenvalue weighted by Crippen LogP contribution is -2.73. The van der Waals surface area contributed by atoms with Crippen molar-refractivity contribution < 1.29 is 9.59 Å². The Balaban J connectivity index is 1.66. The Bertz CT molecular complexity index is 897. The number of benzene rings is 1. The van der Waals surface area contributed by atoms with Crippen molar-refractivity contribution >= 4 is 33.4 Å². The number of hydrogen-bond acceptors (Lipinski definition) is 5. The fourth-order valence-corrected chi connectivity index (χ4v) is 8.35. The molecule has 1 aromatic rings. The number of carbonyl (C=O) groups is 2. The van der Waals surface area contributed by atoms with Crippen LogP contribution in [0.15, 0.2) is 18.2 Å². The van der Waals surface area contributed by atoms with Crippen LogP contribution in [0.1, 0.15) is 42.5 Å². The summed E-state index contributed by atoms with van der Waals surface area (Å²) in [5.74, 6) is -0.469. The second-order valence-corrected chi connectivity index (χ2v) is 10.5. The first-order valence-corrected chi connectivity index (χ1v) is 11.1. The van der Waals surface area contributed by atoms with E-state index in [4.69, 9.17) is 0 Å². The first-order valence-electron chi connectivity index (χ1n) is 8.92. The second-order valence-electron chi connectivity index (χ2n) is 7.74. The maximum absolute atomic E-state index is 13.4. The SMILES string of the molecule is CN1C(=O)C23CC(C#N)C(c4ccc5c(c4)CCC5)N2C(=O)C1(C)SS3. The van der Waals surface area contributed by atoms with Crippen molar-refractivity contribution in [2.75, 3.05) is 7.05 Å². The lowest BCUT2D eigenvalue weighted by Gasteiger charge is -2.57. The summed E-state index contributed by atoms with van der Waals surface area (Å²) in [7, 11) is 4.63. The zero-order valence-electron chi connectivity index (χ0n) is 14.7. The highest BCUT2D eigenvalue weighted by atomic mass is 33.1. The summed E-state index contributed by atoms with van der Waals surface area (Å²) in [6, 6.07) is 8.42. The van der Waals surface area contributed by atoms with Gasteiger partial charge < -0.3 is 9.80 Å². The lowest BCUT2D eigenvalue weighted by atomic mass is 9.92. The third-order valence-corrected chi connectivity index (χ3v) is 10.1. The first kappa shape index (κ1) is 16.5. The van der Waals surface area contributed by atoms with E-state index in [0.717, 1.165) is 24.8 Å². The molecular formula is C19H19N3O2S2. The number of piperazine rings is 1. The van der Waals surface area contributed by atoms with Crippen LogP contribution in [0.25, 0.3) is 0 Å². The normalized spacial score (nSPS) is 37.7. The number of fused-ring (bicyclic) bond motifs is 3. The van der Waals surface area contributed by atoms with E-state index in [9.17, 15) is 14.9 Å². The van der Waals surface area contributed by atoms with E-state index >= 15 is 0 Å². The van der Waals surface area contributed by atoms with Gasteiger partial charge >= 0.3 is 0 Å². The maximum atomic E-state index is 13.4. The number of amides is 2. The highest BCUT2D eigenvalue weighted by Gasteiger charge is 2.72. The van der Waals surface area contributed by atoms with E-state index in [1.54, 1.807) is 16.8 Å². The third-order valence-electron chi connectivity index (χ3n) is 6.41. The number of hydrogen-bond donors (Lipinski definition) is 0. The zero-order valence-corrected chi connectivity index (χ0v) is 16.3. The molecule has 5 nitrogen and oxygen atoms in total. The van der Waals surface area contributed by atoms with Crippen molar-refractivity contribution in [1.29, 1.82) is 5.26 Å². The number of nitrogens with zero attached hydrogens (tertiary/aromatic N) is 3. The Labute approximate surface area is 160 Å². The largest absolute Gasteiger partial charge is 0.319 e. The molecule has 134 valence electrons. The first-order chi connectivity index (χ1) is 12.4. The van der Waals surface area contributed by atoms with Gasteiger partial charge in [0, 0.05) is 13.5 Å². The van der Waals surface area contributed by atoms with Crippen LogP contribution in [0.2, 0.25) is 0 Å². The summed E-state index contributed by atoms with van der Waals surface area (Å²) < 4.78 is 0. The molecule has 2 amide bonds. The monoisotopic (exact) mass is 385 g/mol. The number of aryl methyl sites for hydroxylation is 2. The molecule has 0 aromatic heterocycles. The molecule has 4 fully saturated rings. The Morgan fingerprint density at radius 3 is 2.73 bits per heavy atom. The minimum atomic E-state index is -0.946. The van der Waals surface area contributed by atoms with Crippen LogP contribution in [0, 0.1) is 17.2 Å². The van der Waals surface area contributed by atoms with E-state index in [-0.39, 0.29) is 23.8 Å². The Kier molecular flexibility index (Phi) is 3.31. The average Bonchev–Trinajstić information content (AvgIpc) is 3.24. The molecule has 1 aromatic carbocycles. The van der Waals surface area contributed by atoms with Crippen LogP contribution >= 0.6 is 21.6 Å². The maximum Gasteiger partial charge on any atom is 0.261 e. The summed E-state index contributed by atoms with van der Waals surface area (Å²) >= 11 is 0. The molecule has 0 N–H and O–H groups in total. The van der Waals surface area contributed by atoms with Crippen LogP contribution in [0.3, 0.4) is 0 Å². The van der Waals surface area contributed by atoms with E-state index in [2.05, 4.69) is 24.3 Å². The third kappa shape index (κ3) is 1.79. The highest BCUT2D eigenvalue weighted by molar-refractivity contribution is 8.78. The standard InChI is InChI=1S/C19H19N3O2S2/c1-18-16(23)22-15(13-7-6-11-4-3-5-12(11)8-13)14(10-20)9-19(22,26-25-18)17(24)21(18)2/h6-8,14-15H,3-5,9H2,1-2H3. The molecule has 1 spiro atoms. The van der Waals surface area contributed by atoms with Crippen molar-refractivity contribution in [2.24, 2.45) is 5.92 Å². The van der Waals surface area contributed by atoms with Gasteiger partial charge in [0.05, 0.1) is 18.0 Å². The summed E-state index contributed by atoms with van der Waals surface area (Å²) in [4.78, 5) is 28.0. The highest BCUT2D eigenvalue weighted by Crippen LogP contribution is 2.66. The molecule has 2 bridgehead atoms. The van der Waals surface area contributed by atoms with Gasteiger partial charge in [-0.3, -0.25) is 9.59 Å². The Morgan fingerprint density at radius 2 is 1.96 bits per heavy atom. The zero-order chi connectivity index (χ0) is 18.3. The smallest absolute Gasteiger partial charge is 0.261 e. The molecule has 7 heteroatoms. The van der Waals surface area contributed by atoms with Crippen LogP contribution in [-0.4, -0.2) is 38.4 Å². The van der Waals surface area contributed by atoms with E-state index in [0.29, 0.717) is 6.42 Å². The van der Waals surface area contributed by atoms with Crippen molar-refractivity contribution in [3.05, 3.63) is 34.9 Å². The molecule has 4 unspecified atom stereocenters. The molecule has 4 aliphatic heterocycles. The van der Waals surface area contributed by atoms with Crippen molar-refractivity contribution in [2.45, 2.75) is 48.4 Å². The molecule has 1 aliphatic carbocycles. The number of likely N-dealkylation sites (N-methyl/N-ethyl adjacent to an activating group) is 1. The molecular weight excluding hydrogens is 366 g/mol. The van der Waals surface area contributed by atoms with Gasteiger partial charge in [-0.1, -0.05) is 39.8 Å². The minimum Gasteiger partial charge on any atom is -0.319 e. The lowest BCUT2D eigenvalue weighted by molar-refractivity contribution is -0.164. The van der Waals surface area contributed by atoms with Crippen LogP contribution in [-0.2, 0) is 22.4 Å². The fourth-order valence-electron chi connectivity index (χ4n) is 4.84. The van der Waals surface area contributed by atoms with E-state index in [1.807, 2.05) is 6.92 Å². The molecule has 4 saturated heterocycles. The average molecular weight is 386 g/mol. The summed E-state index contributed by atoms with van der Waals surface area (Å²) in [6.45, 7) is 1.81. The summed E-state index contributed by atoms with van der Waals surface area (Å²) in [5, 5.41) is 9.84. The van der Waals surface area contributed by atoms with Gasteiger partial charge in [0.15, 0.2) is 9.74 Å². The predicted molar refractivity (Wildman–Crippen MR) is 101 cm³/mol. The molecule has 4 atom stereocenters. The van der Waals surface area contributed by atoms with Crippen molar-refractivity contribution in [3.63, 3.8) is 0 Å². The number of carbonyl (C=O) groups excluding carboxylic acids is 2. The van der Waals surface area contributed by atoms with Crippen LogP contribution < -0.4 is 0 Å². The molecule has 0 radical (unpaired) electrons. The van der Waals surface area contributed by atoms with Gasteiger partial charge in [-0.15, -0.1) is 0 Å². The fraction of sp³-hybridized carbons (Fsp3) is 0.526. The quantitative estimate of drug-likeness (QED) is 0.696. The summed E-state index contributed by atoms with van der Waals surface area (Å²) in [5.41, 5.74) is 3.69. The van der Waals surface area contributed by atoms with Gasteiger partial charge in [0.2, 0.25) is 0 Å². The molecule has 6 rings (SSSR count). The van der Waals surface area contributed by atoms with E-state index in [1.165, 1.54) is 32.7 Å². The van der Waals surface area contributed by atoms with Crippen molar-refractivity contribution in [3.8, 4) is 6.07 Å². The van der Waals surface area contributed by atoms with Crippen LogP contribution in [0.5, 0.6) is 0 Å². The van der Waals surface area contributed by atoms with Crippen molar-refractivity contribution in [1.82, 2.24) is 9.80 Å². The number of nitriles is 1.